The average Bonchev–Trinajstić information content (AvgIpc) is 3.37. The van der Waals surface area contributed by atoms with Crippen molar-refractivity contribution < 1.29 is 9.90 Å². The van der Waals surface area contributed by atoms with Crippen molar-refractivity contribution in [2.75, 3.05) is 32.6 Å². The molecule has 2 aromatic heterocycles. The number of benzene rings is 1. The Morgan fingerprint density at radius 2 is 2.03 bits per heavy atom. The minimum absolute atomic E-state index is 0.0694. The van der Waals surface area contributed by atoms with E-state index in [1.165, 1.54) is 22.4 Å². The molecule has 1 spiro atoms. The molecule has 9 nitrogen and oxygen atoms in total. The van der Waals surface area contributed by atoms with Gasteiger partial charge in [-0.3, -0.25) is 19.5 Å². The zero-order valence-electron chi connectivity index (χ0n) is 20.7. The van der Waals surface area contributed by atoms with Crippen molar-refractivity contribution in [1.82, 2.24) is 29.8 Å². The third-order valence-corrected chi connectivity index (χ3v) is 8.10. The second kappa shape index (κ2) is 8.12. The molecule has 35 heavy (non-hydrogen) atoms. The van der Waals surface area contributed by atoms with E-state index in [0.717, 1.165) is 63.3 Å². The van der Waals surface area contributed by atoms with E-state index >= 15 is 0 Å². The minimum Gasteiger partial charge on any atom is -0.508 e. The summed E-state index contributed by atoms with van der Waals surface area (Å²) in [4.78, 5) is 18.8. The van der Waals surface area contributed by atoms with Gasteiger partial charge in [0.05, 0.1) is 17.8 Å². The van der Waals surface area contributed by atoms with Crippen molar-refractivity contribution in [3.63, 3.8) is 0 Å². The van der Waals surface area contributed by atoms with Gasteiger partial charge in [0, 0.05) is 51.4 Å². The molecule has 4 heterocycles. The molecule has 2 aliphatic heterocycles. The number of fused-ring (bicyclic) bond motifs is 4. The molecule has 9 heteroatoms. The summed E-state index contributed by atoms with van der Waals surface area (Å²) in [5.41, 5.74) is 6.46. The highest BCUT2D eigenvalue weighted by Crippen LogP contribution is 2.47. The highest BCUT2D eigenvalue weighted by molar-refractivity contribution is 5.92. The average molecular weight is 476 g/mol. The molecule has 0 bridgehead atoms. The van der Waals surface area contributed by atoms with Crippen molar-refractivity contribution in [3.8, 4) is 5.75 Å². The fourth-order valence-corrected chi connectivity index (χ4v) is 6.26. The van der Waals surface area contributed by atoms with Crippen LogP contribution >= 0.6 is 0 Å². The second-order valence-electron chi connectivity index (χ2n) is 10.5. The van der Waals surface area contributed by atoms with Gasteiger partial charge in [-0.1, -0.05) is 6.07 Å². The molecule has 0 saturated heterocycles. The van der Waals surface area contributed by atoms with Gasteiger partial charge in [0.15, 0.2) is 11.5 Å². The quantitative estimate of drug-likeness (QED) is 0.592. The van der Waals surface area contributed by atoms with Crippen molar-refractivity contribution >= 4 is 11.7 Å². The van der Waals surface area contributed by atoms with Gasteiger partial charge < -0.3 is 14.9 Å². The Balaban J connectivity index is 1.31. The van der Waals surface area contributed by atoms with E-state index in [1.807, 2.05) is 22.9 Å². The lowest BCUT2D eigenvalue weighted by Gasteiger charge is -2.48. The number of nitrogens with zero attached hydrogens (tertiary/aromatic N) is 6. The van der Waals surface area contributed by atoms with Gasteiger partial charge in [-0.25, -0.2) is 0 Å². The fourth-order valence-electron chi connectivity index (χ4n) is 6.26. The molecule has 2 N–H and O–H groups in total. The molecule has 1 aromatic carbocycles. The van der Waals surface area contributed by atoms with E-state index in [4.69, 9.17) is 5.10 Å². The van der Waals surface area contributed by atoms with Crippen LogP contribution in [0.5, 0.6) is 5.75 Å². The summed E-state index contributed by atoms with van der Waals surface area (Å²) in [6.45, 7) is 3.17. The number of H-pyrrole nitrogens is 1. The predicted octanol–water partition coefficient (Wildman–Crippen LogP) is 2.64. The molecular formula is C26H33N7O2. The summed E-state index contributed by atoms with van der Waals surface area (Å²) < 4.78 is 1.97. The Bertz CT molecular complexity index is 1290. The van der Waals surface area contributed by atoms with Crippen molar-refractivity contribution in [1.29, 1.82) is 0 Å². The molecule has 0 unspecified atom stereocenters. The number of carbonyl (C=O) groups excluding carboxylic acids is 1. The lowest BCUT2D eigenvalue weighted by Crippen LogP contribution is -2.50. The number of aromatic nitrogens is 4. The van der Waals surface area contributed by atoms with Crippen molar-refractivity contribution in [2.45, 2.75) is 57.3 Å². The summed E-state index contributed by atoms with van der Waals surface area (Å²) in [5, 5.41) is 23.0. The first-order valence-corrected chi connectivity index (χ1v) is 12.5. The SMILES string of the molecule is CN(C)C(=O)c1cc2n(n1)CCCN(c1n[nH]c3c1CN(C)[C@]1(CCCc4ccc(O)cc41)C3)C2. The Hall–Kier alpha value is -3.33. The zero-order valence-corrected chi connectivity index (χ0v) is 20.7. The Morgan fingerprint density at radius 1 is 1.17 bits per heavy atom. The predicted molar refractivity (Wildman–Crippen MR) is 132 cm³/mol. The topological polar surface area (TPSA) is 93.5 Å². The molecule has 0 fully saturated rings. The maximum absolute atomic E-state index is 12.4. The molecule has 184 valence electrons. The largest absolute Gasteiger partial charge is 0.508 e. The summed E-state index contributed by atoms with van der Waals surface area (Å²) in [5.74, 6) is 1.27. The van der Waals surface area contributed by atoms with E-state index in [2.05, 4.69) is 33.1 Å². The molecule has 1 aliphatic carbocycles. The normalized spacial score (nSPS) is 21.9. The van der Waals surface area contributed by atoms with Gasteiger partial charge in [0.1, 0.15) is 5.75 Å². The number of phenols is 1. The number of rotatable bonds is 2. The summed E-state index contributed by atoms with van der Waals surface area (Å²) in [7, 11) is 5.71. The van der Waals surface area contributed by atoms with Crippen LogP contribution in [-0.2, 0) is 38.0 Å². The number of aryl methyl sites for hydroxylation is 2. The van der Waals surface area contributed by atoms with Gasteiger partial charge in [-0.05, 0) is 62.1 Å². The Labute approximate surface area is 205 Å². The van der Waals surface area contributed by atoms with E-state index in [1.54, 1.807) is 19.0 Å². The van der Waals surface area contributed by atoms with Crippen LogP contribution in [0.2, 0.25) is 0 Å². The number of nitrogens with one attached hydrogen (secondary N) is 1. The maximum atomic E-state index is 12.4. The molecular weight excluding hydrogens is 442 g/mol. The standard InChI is InChI=1S/C26H33N7O2/c1-30(2)25(35)22-12-18-15-32(10-5-11-33(18)29-22)24-20-16-31(3)26(14-23(20)27-28-24)9-4-6-17-7-8-19(34)13-21(17)26/h7-8,12-13,34H,4-6,9-11,14-16H2,1-3H3,(H,27,28)/t26-/m1/s1. The van der Waals surface area contributed by atoms with E-state index in [-0.39, 0.29) is 11.4 Å². The molecule has 6 rings (SSSR count). The third kappa shape index (κ3) is 3.52. The first-order chi connectivity index (χ1) is 16.9. The number of hydrogen-bond acceptors (Lipinski definition) is 6. The Kier molecular flexibility index (Phi) is 5.14. The van der Waals surface area contributed by atoms with E-state index < -0.39 is 0 Å². The van der Waals surface area contributed by atoms with E-state index in [9.17, 15) is 9.90 Å². The first kappa shape index (κ1) is 22.2. The highest BCUT2D eigenvalue weighted by atomic mass is 16.3. The summed E-state index contributed by atoms with van der Waals surface area (Å²) >= 11 is 0. The fraction of sp³-hybridized carbons (Fsp3) is 0.500. The van der Waals surface area contributed by atoms with Gasteiger partial charge >= 0.3 is 0 Å². The van der Waals surface area contributed by atoms with Gasteiger partial charge in [0.2, 0.25) is 0 Å². The molecule has 3 aromatic rings. The zero-order chi connectivity index (χ0) is 24.3. The first-order valence-electron chi connectivity index (χ1n) is 12.5. The smallest absolute Gasteiger partial charge is 0.273 e. The van der Waals surface area contributed by atoms with Gasteiger partial charge in [-0.15, -0.1) is 0 Å². The van der Waals surface area contributed by atoms with Crippen molar-refractivity contribution in [2.24, 2.45) is 0 Å². The number of amides is 1. The van der Waals surface area contributed by atoms with Crippen LogP contribution in [0.3, 0.4) is 0 Å². The van der Waals surface area contributed by atoms with Crippen LogP contribution in [0.15, 0.2) is 24.3 Å². The number of carbonyl (C=O) groups is 1. The van der Waals surface area contributed by atoms with Gasteiger partial charge in [0.25, 0.3) is 5.91 Å². The summed E-state index contributed by atoms with van der Waals surface area (Å²) in [6.07, 6.45) is 5.07. The van der Waals surface area contributed by atoms with Gasteiger partial charge in [-0.2, -0.15) is 10.2 Å². The number of aromatic hydroxyl groups is 1. The number of hydrogen-bond donors (Lipinski definition) is 2. The second-order valence-corrected chi connectivity index (χ2v) is 10.5. The van der Waals surface area contributed by atoms with Crippen LogP contribution in [0.1, 0.15) is 57.8 Å². The molecule has 1 amide bonds. The Morgan fingerprint density at radius 3 is 2.86 bits per heavy atom. The number of anilines is 1. The summed E-state index contributed by atoms with van der Waals surface area (Å²) in [6, 6.07) is 7.78. The van der Waals surface area contributed by atoms with Crippen LogP contribution in [-0.4, -0.2) is 68.5 Å². The molecule has 1 atom stereocenters. The van der Waals surface area contributed by atoms with Crippen LogP contribution in [0.25, 0.3) is 0 Å². The lowest BCUT2D eigenvalue weighted by molar-refractivity contribution is 0.0737. The molecule has 0 radical (unpaired) electrons. The monoisotopic (exact) mass is 475 g/mol. The number of aromatic amines is 1. The van der Waals surface area contributed by atoms with Crippen LogP contribution < -0.4 is 4.90 Å². The lowest BCUT2D eigenvalue weighted by atomic mass is 9.71. The van der Waals surface area contributed by atoms with E-state index in [0.29, 0.717) is 18.0 Å². The van der Waals surface area contributed by atoms with Crippen LogP contribution in [0.4, 0.5) is 5.82 Å². The number of likely N-dealkylation sites (N-methyl/N-ethyl adjacent to an activating group) is 1. The highest BCUT2D eigenvalue weighted by Gasteiger charge is 2.45. The third-order valence-electron chi connectivity index (χ3n) is 8.10. The number of phenolic OH excluding ortho intramolecular Hbond substituents is 1. The van der Waals surface area contributed by atoms with Crippen LogP contribution in [0, 0.1) is 0 Å². The van der Waals surface area contributed by atoms with Crippen molar-refractivity contribution in [3.05, 3.63) is 58.0 Å². The molecule has 0 saturated carbocycles. The maximum Gasteiger partial charge on any atom is 0.273 e. The minimum atomic E-state index is -0.123. The molecule has 3 aliphatic rings.